The number of unbranched alkanes of at least 4 members (excludes halogenated alkanes) is 18. The molecule has 38 heavy (non-hydrogen) atoms. The van der Waals surface area contributed by atoms with Gasteiger partial charge in [0.05, 0.1) is 0 Å². The molecule has 0 aliphatic rings. The quantitative estimate of drug-likeness (QED) is 0.0934. The SMILES string of the molecule is CCCCCCCCCCCCCCCCCC(C(CCCCCCC)Cc1ccccc1)[n+]1cc[nH]c1. The van der Waals surface area contributed by atoms with Crippen molar-refractivity contribution < 1.29 is 4.57 Å². The average Bonchev–Trinajstić information content (AvgIpc) is 3.47. The Hall–Kier alpha value is -1.57. The Balaban J connectivity index is 1.68. The summed E-state index contributed by atoms with van der Waals surface area (Å²) in [6, 6.07) is 11.8. The first-order valence-electron chi connectivity index (χ1n) is 16.9. The first-order valence-corrected chi connectivity index (χ1v) is 16.9. The molecule has 2 rings (SSSR count). The highest BCUT2D eigenvalue weighted by atomic mass is 15.1. The van der Waals surface area contributed by atoms with Crippen molar-refractivity contribution >= 4 is 0 Å². The number of rotatable bonds is 26. The minimum Gasteiger partial charge on any atom is -0.250 e. The van der Waals surface area contributed by atoms with Gasteiger partial charge in [-0.05, 0) is 31.2 Å². The van der Waals surface area contributed by atoms with Gasteiger partial charge in [0.2, 0.25) is 6.33 Å². The van der Waals surface area contributed by atoms with Crippen LogP contribution in [-0.2, 0) is 6.42 Å². The molecular weight excluding hydrogens is 460 g/mol. The molecule has 1 heterocycles. The van der Waals surface area contributed by atoms with Crippen molar-refractivity contribution in [3.63, 3.8) is 0 Å². The number of hydrogen-bond acceptors (Lipinski definition) is 0. The summed E-state index contributed by atoms with van der Waals surface area (Å²) in [7, 11) is 0. The lowest BCUT2D eigenvalue weighted by Crippen LogP contribution is -2.42. The molecule has 216 valence electrons. The molecule has 0 bridgehead atoms. The van der Waals surface area contributed by atoms with E-state index in [0.717, 1.165) is 0 Å². The van der Waals surface area contributed by atoms with Crippen molar-refractivity contribution in [3.05, 3.63) is 54.6 Å². The molecule has 0 aliphatic heterocycles. The summed E-state index contributed by atoms with van der Waals surface area (Å²) in [5.74, 6) is 0.714. The molecule has 1 N–H and O–H groups in total. The van der Waals surface area contributed by atoms with E-state index in [9.17, 15) is 0 Å². The Morgan fingerprint density at radius 2 is 1.05 bits per heavy atom. The van der Waals surface area contributed by atoms with Crippen LogP contribution in [0.1, 0.15) is 167 Å². The smallest absolute Gasteiger partial charge is 0.241 e. The lowest BCUT2D eigenvalue weighted by atomic mass is 9.84. The van der Waals surface area contributed by atoms with Gasteiger partial charge in [0.1, 0.15) is 18.4 Å². The van der Waals surface area contributed by atoms with Crippen molar-refractivity contribution in [2.24, 2.45) is 5.92 Å². The molecule has 2 unspecified atom stereocenters. The predicted octanol–water partition coefficient (Wildman–Crippen LogP) is 11.3. The summed E-state index contributed by atoms with van der Waals surface area (Å²) in [6.45, 7) is 4.62. The van der Waals surface area contributed by atoms with E-state index in [1.807, 2.05) is 0 Å². The standard InChI is InChI=1S/C36H62N2/c1-3-5-7-9-10-11-12-13-14-15-16-17-18-20-25-29-36(38-31-30-37-33-38)35(28-24-19-8-6-4-2)32-34-26-22-21-23-27-34/h21-23,26-27,30-31,33,35-36H,3-20,24-25,28-29,32H2,1-2H3/p+1. The highest BCUT2D eigenvalue weighted by molar-refractivity contribution is 5.15. The van der Waals surface area contributed by atoms with Crippen LogP contribution in [0, 0.1) is 5.92 Å². The van der Waals surface area contributed by atoms with Crippen LogP contribution in [-0.4, -0.2) is 4.98 Å². The third-order valence-corrected chi connectivity index (χ3v) is 8.62. The summed E-state index contributed by atoms with van der Waals surface area (Å²) in [5, 5.41) is 0. The fourth-order valence-corrected chi connectivity index (χ4v) is 6.22. The zero-order valence-electron chi connectivity index (χ0n) is 25.5. The minimum atomic E-state index is 0.606. The Labute approximate surface area is 237 Å². The fourth-order valence-electron chi connectivity index (χ4n) is 6.22. The van der Waals surface area contributed by atoms with Crippen molar-refractivity contribution in [1.29, 1.82) is 0 Å². The summed E-state index contributed by atoms with van der Waals surface area (Å²) in [4.78, 5) is 3.33. The molecular formula is C36H63N2+. The number of nitrogens with one attached hydrogen (secondary N) is 1. The van der Waals surface area contributed by atoms with Crippen LogP contribution in [0.15, 0.2) is 49.1 Å². The number of aromatic nitrogens is 2. The molecule has 0 spiro atoms. The van der Waals surface area contributed by atoms with Gasteiger partial charge in [0.15, 0.2) is 0 Å². The normalized spacial score (nSPS) is 13.1. The number of benzene rings is 1. The fraction of sp³-hybridized carbons (Fsp3) is 0.750. The van der Waals surface area contributed by atoms with Crippen LogP contribution in [0.25, 0.3) is 0 Å². The molecule has 2 nitrogen and oxygen atoms in total. The van der Waals surface area contributed by atoms with Gasteiger partial charge in [-0.2, -0.15) is 0 Å². The number of H-pyrrole nitrogens is 1. The Bertz CT molecular complexity index is 723. The molecule has 0 saturated carbocycles. The van der Waals surface area contributed by atoms with Crippen molar-refractivity contribution in [2.45, 2.75) is 168 Å². The molecule has 2 heteroatoms. The molecule has 0 saturated heterocycles. The molecule has 0 radical (unpaired) electrons. The van der Waals surface area contributed by atoms with Crippen LogP contribution in [0.2, 0.25) is 0 Å². The molecule has 0 fully saturated rings. The Kier molecular flexibility index (Phi) is 20.0. The molecule has 1 aromatic heterocycles. The van der Waals surface area contributed by atoms with Crippen LogP contribution in [0.4, 0.5) is 0 Å². The summed E-state index contributed by atoms with van der Waals surface area (Å²) < 4.78 is 2.49. The van der Waals surface area contributed by atoms with Gasteiger partial charge in [-0.3, -0.25) is 4.98 Å². The average molecular weight is 524 g/mol. The number of nitrogens with zero attached hydrogens (tertiary/aromatic N) is 1. The van der Waals surface area contributed by atoms with Crippen molar-refractivity contribution in [1.82, 2.24) is 4.98 Å². The third kappa shape index (κ3) is 15.7. The largest absolute Gasteiger partial charge is 0.250 e. The van der Waals surface area contributed by atoms with E-state index in [1.54, 1.807) is 0 Å². The first kappa shape index (κ1) is 32.6. The van der Waals surface area contributed by atoms with Gasteiger partial charge in [-0.25, -0.2) is 4.57 Å². The molecule has 1 aromatic carbocycles. The Morgan fingerprint density at radius 1 is 0.579 bits per heavy atom. The van der Waals surface area contributed by atoms with E-state index in [-0.39, 0.29) is 0 Å². The summed E-state index contributed by atoms with van der Waals surface area (Å²) in [6.07, 6.45) is 38.8. The van der Waals surface area contributed by atoms with Gasteiger partial charge >= 0.3 is 0 Å². The topological polar surface area (TPSA) is 19.7 Å². The van der Waals surface area contributed by atoms with Crippen LogP contribution < -0.4 is 4.57 Å². The molecule has 2 atom stereocenters. The van der Waals surface area contributed by atoms with Crippen LogP contribution in [0.5, 0.6) is 0 Å². The maximum atomic E-state index is 3.33. The lowest BCUT2D eigenvalue weighted by molar-refractivity contribution is -0.730. The van der Waals surface area contributed by atoms with E-state index < -0.39 is 0 Å². The van der Waals surface area contributed by atoms with Crippen molar-refractivity contribution in [3.8, 4) is 0 Å². The van der Waals surface area contributed by atoms with E-state index >= 15 is 0 Å². The molecule has 0 aliphatic carbocycles. The maximum absolute atomic E-state index is 3.33. The zero-order chi connectivity index (χ0) is 26.9. The van der Waals surface area contributed by atoms with Crippen LogP contribution in [0.3, 0.4) is 0 Å². The van der Waals surface area contributed by atoms with Crippen molar-refractivity contribution in [2.75, 3.05) is 0 Å². The third-order valence-electron chi connectivity index (χ3n) is 8.62. The zero-order valence-corrected chi connectivity index (χ0v) is 25.5. The highest BCUT2D eigenvalue weighted by Crippen LogP contribution is 2.29. The van der Waals surface area contributed by atoms with Gasteiger partial charge in [0.25, 0.3) is 0 Å². The second kappa shape index (κ2) is 23.3. The predicted molar refractivity (Wildman–Crippen MR) is 167 cm³/mol. The maximum Gasteiger partial charge on any atom is 0.241 e. The van der Waals surface area contributed by atoms with E-state index in [0.29, 0.717) is 12.0 Å². The number of hydrogen-bond donors (Lipinski definition) is 1. The van der Waals surface area contributed by atoms with E-state index in [4.69, 9.17) is 0 Å². The first-order chi connectivity index (χ1) is 18.8. The van der Waals surface area contributed by atoms with E-state index in [1.165, 1.54) is 153 Å². The summed E-state index contributed by atoms with van der Waals surface area (Å²) in [5.41, 5.74) is 1.50. The van der Waals surface area contributed by atoms with Gasteiger partial charge in [0, 0.05) is 5.92 Å². The van der Waals surface area contributed by atoms with Gasteiger partial charge in [-0.15, -0.1) is 0 Å². The van der Waals surface area contributed by atoms with E-state index in [2.05, 4.69) is 72.5 Å². The second-order valence-electron chi connectivity index (χ2n) is 12.0. The lowest BCUT2D eigenvalue weighted by Gasteiger charge is -2.25. The van der Waals surface area contributed by atoms with Crippen LogP contribution >= 0.6 is 0 Å². The summed E-state index contributed by atoms with van der Waals surface area (Å²) >= 11 is 0. The molecule has 2 aromatic rings. The van der Waals surface area contributed by atoms with Gasteiger partial charge < -0.3 is 0 Å². The van der Waals surface area contributed by atoms with Gasteiger partial charge in [-0.1, -0.05) is 166 Å². The minimum absolute atomic E-state index is 0.606. The number of imidazole rings is 1. The molecule has 0 amide bonds. The monoisotopic (exact) mass is 523 g/mol. The highest BCUT2D eigenvalue weighted by Gasteiger charge is 2.26. The number of aromatic amines is 1. The second-order valence-corrected chi connectivity index (χ2v) is 12.0. The Morgan fingerprint density at radius 3 is 1.53 bits per heavy atom.